The molecule has 0 aliphatic heterocycles. The summed E-state index contributed by atoms with van der Waals surface area (Å²) >= 11 is 0. The van der Waals surface area contributed by atoms with Crippen LogP contribution < -0.4 is 0 Å². The minimum Gasteiger partial charge on any atom is -0.266 e. The van der Waals surface area contributed by atoms with Crippen LogP contribution in [0.25, 0.3) is 0 Å². The summed E-state index contributed by atoms with van der Waals surface area (Å²) in [7, 11) is -3.65. The van der Waals surface area contributed by atoms with Crippen LogP contribution in [0.15, 0.2) is 53.4 Å². The first-order valence-corrected chi connectivity index (χ1v) is 9.01. The van der Waals surface area contributed by atoms with Gasteiger partial charge in [-0.25, -0.2) is 0 Å². The van der Waals surface area contributed by atoms with Gasteiger partial charge in [0.1, 0.15) is 0 Å². The van der Waals surface area contributed by atoms with Crippen molar-refractivity contribution in [3.63, 3.8) is 0 Å². The van der Waals surface area contributed by atoms with Gasteiger partial charge in [-0.15, -0.1) is 0 Å². The van der Waals surface area contributed by atoms with Gasteiger partial charge in [0.25, 0.3) is 10.1 Å². The van der Waals surface area contributed by atoms with Gasteiger partial charge in [0.15, 0.2) is 0 Å². The highest BCUT2D eigenvalue weighted by atomic mass is 32.2. The number of aryl methyl sites for hydroxylation is 2. The van der Waals surface area contributed by atoms with E-state index in [2.05, 4.69) is 18.2 Å². The highest BCUT2D eigenvalue weighted by Gasteiger charge is 2.23. The summed E-state index contributed by atoms with van der Waals surface area (Å²) in [5, 5.41) is 0. The summed E-state index contributed by atoms with van der Waals surface area (Å²) in [4.78, 5) is 0.227. The lowest BCUT2D eigenvalue weighted by Gasteiger charge is -2.12. The fourth-order valence-corrected chi connectivity index (χ4v) is 3.94. The molecule has 2 aromatic rings. The van der Waals surface area contributed by atoms with E-state index in [0.29, 0.717) is 5.92 Å². The molecule has 4 heteroatoms. The molecule has 1 aliphatic carbocycles. The molecule has 0 amide bonds. The van der Waals surface area contributed by atoms with Gasteiger partial charge in [-0.3, -0.25) is 4.18 Å². The van der Waals surface area contributed by atoms with Crippen molar-refractivity contribution in [1.29, 1.82) is 0 Å². The molecule has 0 heterocycles. The Bertz CT molecular complexity index is 748. The van der Waals surface area contributed by atoms with E-state index in [0.717, 1.165) is 24.8 Å². The Hall–Kier alpha value is -1.65. The number of hydrogen-bond acceptors (Lipinski definition) is 3. The largest absolute Gasteiger partial charge is 0.296 e. The Labute approximate surface area is 132 Å². The minimum absolute atomic E-state index is 0.227. The molecule has 2 aromatic carbocycles. The van der Waals surface area contributed by atoms with Gasteiger partial charge in [-0.1, -0.05) is 42.0 Å². The second kappa shape index (κ2) is 6.23. The van der Waals surface area contributed by atoms with Crippen molar-refractivity contribution < 1.29 is 12.6 Å². The van der Waals surface area contributed by atoms with E-state index in [-0.39, 0.29) is 11.5 Å². The highest BCUT2D eigenvalue weighted by molar-refractivity contribution is 7.86. The Morgan fingerprint density at radius 1 is 1.09 bits per heavy atom. The lowest BCUT2D eigenvalue weighted by Crippen LogP contribution is -2.09. The molecule has 0 spiro atoms. The predicted octanol–water partition coefficient (Wildman–Crippen LogP) is 3.82. The highest BCUT2D eigenvalue weighted by Crippen LogP contribution is 2.35. The first-order valence-electron chi connectivity index (χ1n) is 7.60. The third-order valence-corrected chi connectivity index (χ3v) is 5.60. The lowest BCUT2D eigenvalue weighted by atomic mass is 9.98. The third-order valence-electron chi connectivity index (χ3n) is 4.27. The van der Waals surface area contributed by atoms with E-state index >= 15 is 0 Å². The van der Waals surface area contributed by atoms with Crippen LogP contribution in [0.4, 0.5) is 0 Å². The van der Waals surface area contributed by atoms with Gasteiger partial charge in [-0.2, -0.15) is 8.42 Å². The Morgan fingerprint density at radius 3 is 2.59 bits per heavy atom. The van der Waals surface area contributed by atoms with E-state index in [9.17, 15) is 8.42 Å². The third kappa shape index (κ3) is 3.23. The molecule has 0 saturated heterocycles. The maximum absolute atomic E-state index is 12.1. The van der Waals surface area contributed by atoms with E-state index in [1.165, 1.54) is 11.1 Å². The molecule has 1 atom stereocenters. The zero-order valence-corrected chi connectivity index (χ0v) is 13.5. The Balaban J connectivity index is 1.60. The monoisotopic (exact) mass is 316 g/mol. The van der Waals surface area contributed by atoms with Gasteiger partial charge >= 0.3 is 0 Å². The number of fused-ring (bicyclic) bond motifs is 1. The fraction of sp³-hybridized carbons (Fsp3) is 0.333. The molecule has 0 radical (unpaired) electrons. The van der Waals surface area contributed by atoms with E-state index in [1.807, 2.05) is 13.0 Å². The SMILES string of the molecule is Cc1ccc(S(=O)(=O)OCCC2CCc3ccccc32)cc1. The second-order valence-electron chi connectivity index (χ2n) is 5.81. The number of hydrogen-bond donors (Lipinski definition) is 0. The molecule has 3 nitrogen and oxygen atoms in total. The van der Waals surface area contributed by atoms with Crippen LogP contribution in [0.2, 0.25) is 0 Å². The average molecular weight is 316 g/mol. The van der Waals surface area contributed by atoms with Crippen molar-refractivity contribution in [2.75, 3.05) is 6.61 Å². The normalized spacial score (nSPS) is 17.4. The van der Waals surface area contributed by atoms with Gasteiger partial charge < -0.3 is 0 Å². The van der Waals surface area contributed by atoms with Gasteiger partial charge in [0, 0.05) is 0 Å². The zero-order valence-electron chi connectivity index (χ0n) is 12.7. The molecule has 0 aromatic heterocycles. The zero-order chi connectivity index (χ0) is 15.6. The summed E-state index contributed by atoms with van der Waals surface area (Å²) in [5.74, 6) is 0.407. The fourth-order valence-electron chi connectivity index (χ4n) is 3.02. The van der Waals surface area contributed by atoms with Gasteiger partial charge in [-0.05, 0) is 55.4 Å². The molecular weight excluding hydrogens is 296 g/mol. The second-order valence-corrected chi connectivity index (χ2v) is 7.43. The number of rotatable bonds is 5. The molecule has 22 heavy (non-hydrogen) atoms. The molecule has 1 unspecified atom stereocenters. The van der Waals surface area contributed by atoms with Crippen LogP contribution in [0, 0.1) is 6.92 Å². The van der Waals surface area contributed by atoms with Crippen LogP contribution in [-0.2, 0) is 20.7 Å². The molecule has 0 bridgehead atoms. The standard InChI is InChI=1S/C18H20O3S/c1-14-6-10-17(11-7-14)22(19,20)21-13-12-16-9-8-15-4-2-3-5-18(15)16/h2-7,10-11,16H,8-9,12-13H2,1H3. The molecular formula is C18H20O3S. The summed E-state index contributed by atoms with van der Waals surface area (Å²) in [6.07, 6.45) is 2.89. The van der Waals surface area contributed by atoms with E-state index in [4.69, 9.17) is 4.18 Å². The first-order chi connectivity index (χ1) is 10.6. The summed E-state index contributed by atoms with van der Waals surface area (Å²) in [6.45, 7) is 2.16. The predicted molar refractivity (Wildman–Crippen MR) is 86.4 cm³/mol. The van der Waals surface area contributed by atoms with Crippen LogP contribution in [0.1, 0.15) is 35.4 Å². The van der Waals surface area contributed by atoms with Crippen molar-refractivity contribution in [2.24, 2.45) is 0 Å². The van der Waals surface area contributed by atoms with Gasteiger partial charge in [0.05, 0.1) is 11.5 Å². The molecule has 116 valence electrons. The summed E-state index contributed by atoms with van der Waals surface area (Å²) in [5.41, 5.74) is 3.76. The Kier molecular flexibility index (Phi) is 4.32. The van der Waals surface area contributed by atoms with Crippen molar-refractivity contribution >= 4 is 10.1 Å². The van der Waals surface area contributed by atoms with Crippen molar-refractivity contribution in [2.45, 2.75) is 37.0 Å². The maximum atomic E-state index is 12.1. The smallest absolute Gasteiger partial charge is 0.266 e. The molecule has 0 fully saturated rings. The molecule has 0 N–H and O–H groups in total. The quantitative estimate of drug-likeness (QED) is 0.788. The van der Waals surface area contributed by atoms with Gasteiger partial charge in [0.2, 0.25) is 0 Å². The minimum atomic E-state index is -3.65. The molecule has 1 aliphatic rings. The average Bonchev–Trinajstić information content (AvgIpc) is 2.91. The summed E-state index contributed by atoms with van der Waals surface area (Å²) < 4.78 is 29.5. The van der Waals surface area contributed by atoms with Crippen LogP contribution >= 0.6 is 0 Å². The maximum Gasteiger partial charge on any atom is 0.296 e. The van der Waals surface area contributed by atoms with Crippen molar-refractivity contribution in [1.82, 2.24) is 0 Å². The van der Waals surface area contributed by atoms with Crippen molar-refractivity contribution in [3.05, 3.63) is 65.2 Å². The number of benzene rings is 2. The van der Waals surface area contributed by atoms with E-state index < -0.39 is 10.1 Å². The van der Waals surface area contributed by atoms with Crippen LogP contribution in [-0.4, -0.2) is 15.0 Å². The summed E-state index contributed by atoms with van der Waals surface area (Å²) in [6, 6.07) is 15.1. The lowest BCUT2D eigenvalue weighted by molar-refractivity contribution is 0.299. The first kappa shape index (κ1) is 15.3. The van der Waals surface area contributed by atoms with Crippen molar-refractivity contribution in [3.8, 4) is 0 Å². The molecule has 3 rings (SSSR count). The Morgan fingerprint density at radius 2 is 1.82 bits per heavy atom. The van der Waals surface area contributed by atoms with Crippen LogP contribution in [0.5, 0.6) is 0 Å². The van der Waals surface area contributed by atoms with E-state index in [1.54, 1.807) is 24.3 Å². The topological polar surface area (TPSA) is 43.4 Å². The van der Waals surface area contributed by atoms with Crippen LogP contribution in [0.3, 0.4) is 0 Å². The molecule has 0 saturated carbocycles.